The van der Waals surface area contributed by atoms with Gasteiger partial charge in [-0.2, -0.15) is 0 Å². The molecule has 0 amide bonds. The predicted molar refractivity (Wildman–Crippen MR) is 92.9 cm³/mol. The van der Waals surface area contributed by atoms with Crippen LogP contribution in [-0.4, -0.2) is 22.0 Å². The van der Waals surface area contributed by atoms with Crippen LogP contribution in [0.5, 0.6) is 0 Å². The van der Waals surface area contributed by atoms with Crippen molar-refractivity contribution < 1.29 is 9.90 Å². The lowest BCUT2D eigenvalue weighted by Crippen LogP contribution is -1.93. The van der Waals surface area contributed by atoms with Gasteiger partial charge >= 0.3 is 5.97 Å². The zero-order valence-corrected chi connectivity index (χ0v) is 15.2. The van der Waals surface area contributed by atoms with E-state index in [1.54, 1.807) is 0 Å². The maximum Gasteiger partial charge on any atom is 0.303 e. The third kappa shape index (κ3) is 22.1. The van der Waals surface area contributed by atoms with E-state index in [9.17, 15) is 4.79 Å². The second-order valence-electron chi connectivity index (χ2n) is 6.09. The summed E-state index contributed by atoms with van der Waals surface area (Å²) >= 11 is 0. The molecule has 0 spiro atoms. The maximum absolute atomic E-state index is 10.3. The first-order valence-electron chi connectivity index (χ1n) is 8.99. The fourth-order valence-electron chi connectivity index (χ4n) is 2.65. The summed E-state index contributed by atoms with van der Waals surface area (Å²) in [5.74, 6) is -0.653. The minimum atomic E-state index is -0.653. The number of hydrogen-bond donors (Lipinski definition) is 1. The van der Waals surface area contributed by atoms with Crippen molar-refractivity contribution in [2.24, 2.45) is 0 Å². The summed E-state index contributed by atoms with van der Waals surface area (Å²) in [5.41, 5.74) is 0. The molecule has 124 valence electrons. The Morgan fingerprint density at radius 2 is 0.905 bits per heavy atom. The van der Waals surface area contributed by atoms with Gasteiger partial charge in [0.05, 0.1) is 0 Å². The Balaban J connectivity index is 0. The van der Waals surface area contributed by atoms with Crippen molar-refractivity contribution >= 4 is 16.9 Å². The average molecular weight is 313 g/mol. The summed E-state index contributed by atoms with van der Waals surface area (Å²) in [6, 6.07) is 0. The van der Waals surface area contributed by atoms with E-state index in [0.29, 0.717) is 6.42 Å². The molecule has 0 bridgehead atoms. The first-order valence-corrected chi connectivity index (χ1v) is 8.99. The van der Waals surface area contributed by atoms with Gasteiger partial charge in [0.1, 0.15) is 0 Å². The largest absolute Gasteiger partial charge is 0.481 e. The van der Waals surface area contributed by atoms with Crippen molar-refractivity contribution in [2.45, 2.75) is 110 Å². The van der Waals surface area contributed by atoms with Crippen molar-refractivity contribution in [2.75, 3.05) is 0 Å². The molecule has 0 atom stereocenters. The van der Waals surface area contributed by atoms with Crippen molar-refractivity contribution in [1.29, 1.82) is 0 Å². The molecule has 0 aromatic rings. The SMILES string of the molecule is CCCCCCCCCCCCCCCCCC(=O)O.[Si]. The van der Waals surface area contributed by atoms with Gasteiger partial charge in [-0.1, -0.05) is 96.8 Å². The first kappa shape index (κ1) is 23.0. The summed E-state index contributed by atoms with van der Waals surface area (Å²) in [5, 5.41) is 8.52. The van der Waals surface area contributed by atoms with Crippen LogP contribution in [0.4, 0.5) is 0 Å². The van der Waals surface area contributed by atoms with E-state index < -0.39 is 5.97 Å². The van der Waals surface area contributed by atoms with Crippen molar-refractivity contribution in [3.63, 3.8) is 0 Å². The van der Waals surface area contributed by atoms with Crippen LogP contribution < -0.4 is 0 Å². The lowest BCUT2D eigenvalue weighted by atomic mass is 10.0. The van der Waals surface area contributed by atoms with Crippen LogP contribution in [0.1, 0.15) is 110 Å². The number of carboxylic acid groups (broad SMARTS) is 1. The molecule has 0 fully saturated rings. The number of unbranched alkanes of at least 4 members (excludes halogenated alkanes) is 14. The third-order valence-electron chi connectivity index (χ3n) is 3.99. The zero-order valence-electron chi connectivity index (χ0n) is 14.2. The van der Waals surface area contributed by atoms with E-state index in [4.69, 9.17) is 5.11 Å². The van der Waals surface area contributed by atoms with Gasteiger partial charge in [0, 0.05) is 17.4 Å². The van der Waals surface area contributed by atoms with E-state index in [1.165, 1.54) is 83.5 Å². The summed E-state index contributed by atoms with van der Waals surface area (Å²) in [6.07, 6.45) is 20.2. The quantitative estimate of drug-likeness (QED) is 0.282. The molecule has 0 aromatic heterocycles. The highest BCUT2D eigenvalue weighted by Gasteiger charge is 1.97. The van der Waals surface area contributed by atoms with E-state index in [0.717, 1.165) is 12.8 Å². The van der Waals surface area contributed by atoms with Gasteiger partial charge in [0.25, 0.3) is 0 Å². The Labute approximate surface area is 137 Å². The topological polar surface area (TPSA) is 37.3 Å². The molecule has 1 N–H and O–H groups in total. The highest BCUT2D eigenvalue weighted by molar-refractivity contribution is 5.75. The molecule has 4 radical (unpaired) electrons. The van der Waals surface area contributed by atoms with Crippen LogP contribution in [-0.2, 0) is 4.79 Å². The molecule has 0 aliphatic rings. The number of aliphatic carboxylic acids is 1. The molecule has 0 saturated heterocycles. The van der Waals surface area contributed by atoms with Crippen LogP contribution in [0, 0.1) is 0 Å². The fraction of sp³-hybridized carbons (Fsp3) is 0.944. The molecule has 0 saturated carbocycles. The number of rotatable bonds is 16. The Hall–Kier alpha value is -0.313. The fourth-order valence-corrected chi connectivity index (χ4v) is 2.65. The molecule has 0 aliphatic heterocycles. The summed E-state index contributed by atoms with van der Waals surface area (Å²) in [4.78, 5) is 10.3. The number of hydrogen-bond acceptors (Lipinski definition) is 1. The van der Waals surface area contributed by atoms with Crippen LogP contribution in [0.25, 0.3) is 0 Å². The van der Waals surface area contributed by atoms with E-state index >= 15 is 0 Å². The second kappa shape index (κ2) is 19.7. The molecular weight excluding hydrogens is 276 g/mol. The third-order valence-corrected chi connectivity index (χ3v) is 3.99. The van der Waals surface area contributed by atoms with Crippen LogP contribution >= 0.6 is 0 Å². The highest BCUT2D eigenvalue weighted by Crippen LogP contribution is 2.13. The first-order chi connectivity index (χ1) is 9.77. The predicted octanol–water partition coefficient (Wildman–Crippen LogP) is 5.95. The molecular formula is C18H36O2Si. The molecule has 0 aromatic carbocycles. The van der Waals surface area contributed by atoms with Crippen molar-refractivity contribution in [1.82, 2.24) is 0 Å². The molecule has 0 aliphatic carbocycles. The molecule has 0 heterocycles. The Morgan fingerprint density at radius 3 is 1.19 bits per heavy atom. The lowest BCUT2D eigenvalue weighted by molar-refractivity contribution is -0.137. The van der Waals surface area contributed by atoms with Crippen molar-refractivity contribution in [3.8, 4) is 0 Å². The summed E-state index contributed by atoms with van der Waals surface area (Å²) in [6.45, 7) is 2.27. The van der Waals surface area contributed by atoms with Gasteiger partial charge in [-0.05, 0) is 6.42 Å². The summed E-state index contributed by atoms with van der Waals surface area (Å²) < 4.78 is 0. The summed E-state index contributed by atoms with van der Waals surface area (Å²) in [7, 11) is 0. The van der Waals surface area contributed by atoms with E-state index in [1.807, 2.05) is 0 Å². The van der Waals surface area contributed by atoms with Crippen LogP contribution in [0.3, 0.4) is 0 Å². The average Bonchev–Trinajstić information content (AvgIpc) is 2.43. The van der Waals surface area contributed by atoms with Crippen LogP contribution in [0.2, 0.25) is 0 Å². The lowest BCUT2D eigenvalue weighted by Gasteiger charge is -2.03. The monoisotopic (exact) mass is 312 g/mol. The van der Waals surface area contributed by atoms with Gasteiger partial charge in [0.2, 0.25) is 0 Å². The zero-order chi connectivity index (χ0) is 14.9. The molecule has 2 nitrogen and oxygen atoms in total. The smallest absolute Gasteiger partial charge is 0.303 e. The van der Waals surface area contributed by atoms with Crippen molar-refractivity contribution in [3.05, 3.63) is 0 Å². The minimum absolute atomic E-state index is 0. The standard InChI is InChI=1S/C18H36O2.Si/c1-2-3-4-5-6-7-8-9-10-11-12-13-14-15-16-17-18(19)20;/h2-17H2,1H3,(H,19,20);. The van der Waals surface area contributed by atoms with Crippen LogP contribution in [0.15, 0.2) is 0 Å². The Bertz CT molecular complexity index is 207. The normalized spacial score (nSPS) is 10.3. The van der Waals surface area contributed by atoms with E-state index in [2.05, 4.69) is 6.92 Å². The van der Waals surface area contributed by atoms with Gasteiger partial charge in [-0.25, -0.2) is 0 Å². The number of carbonyl (C=O) groups is 1. The molecule has 0 rings (SSSR count). The van der Waals surface area contributed by atoms with Gasteiger partial charge in [-0.15, -0.1) is 0 Å². The molecule has 3 heteroatoms. The van der Waals surface area contributed by atoms with Gasteiger partial charge < -0.3 is 5.11 Å². The second-order valence-corrected chi connectivity index (χ2v) is 6.09. The highest BCUT2D eigenvalue weighted by atomic mass is 28.1. The van der Waals surface area contributed by atoms with Gasteiger partial charge in [0.15, 0.2) is 0 Å². The maximum atomic E-state index is 10.3. The molecule has 21 heavy (non-hydrogen) atoms. The Morgan fingerprint density at radius 1 is 0.619 bits per heavy atom. The number of carboxylic acids is 1. The molecule has 0 unspecified atom stereocenters. The Kier molecular flexibility index (Phi) is 21.5. The minimum Gasteiger partial charge on any atom is -0.481 e. The van der Waals surface area contributed by atoms with E-state index in [-0.39, 0.29) is 11.0 Å². The van der Waals surface area contributed by atoms with Gasteiger partial charge in [-0.3, -0.25) is 4.79 Å².